The van der Waals surface area contributed by atoms with Gasteiger partial charge in [-0.05, 0) is 41.8 Å². The number of aromatic hydroxyl groups is 2. The molecule has 0 radical (unpaired) electrons. The molecule has 2 aliphatic rings. The lowest BCUT2D eigenvalue weighted by molar-refractivity contribution is -0.166. The number of phenolic OH excluding ortho intramolecular Hbond substituents is 2. The standard InChI is InChI=1S/C45H48N2O6/c1-7-9-11-13-16-20-24-42(51)47-37-29-41-35(27-39(37)50)44(5,6)32-45(53-41)31-43(3,4)34-26-38(49)36(28-40(34)52-45)46-25-21-17-14-15-19-23-33(30-48)22-18-12-10-8-2/h8,10,12,18,22,26-30,49-50H,2,7,9,11,13,16,20,24,31-32H2,1,3-6H3,(H,47,51). The Hall–Kier alpha value is -5.87. The number of rotatable bonds is 13. The first-order valence-corrected chi connectivity index (χ1v) is 18.0. The van der Waals surface area contributed by atoms with Gasteiger partial charge in [-0.15, -0.1) is 0 Å². The molecule has 8 nitrogen and oxygen atoms in total. The molecule has 2 aromatic rings. The van der Waals surface area contributed by atoms with Crippen LogP contribution < -0.4 is 14.8 Å². The summed E-state index contributed by atoms with van der Waals surface area (Å²) >= 11 is 0. The lowest BCUT2D eigenvalue weighted by Crippen LogP contribution is -2.55. The first-order valence-electron chi connectivity index (χ1n) is 18.0. The van der Waals surface area contributed by atoms with E-state index in [2.05, 4.69) is 91.8 Å². The number of unbranched alkanes of at least 4 members (excludes halogenated alkanes) is 5. The van der Waals surface area contributed by atoms with Crippen LogP contribution >= 0.6 is 0 Å². The van der Waals surface area contributed by atoms with Crippen LogP contribution in [0.2, 0.25) is 0 Å². The van der Waals surface area contributed by atoms with E-state index >= 15 is 0 Å². The number of carbonyl (C=O) groups is 2. The molecule has 1 amide bonds. The Morgan fingerprint density at radius 2 is 1.47 bits per heavy atom. The van der Waals surface area contributed by atoms with E-state index in [1.807, 2.05) is 0 Å². The number of amides is 1. The molecule has 2 heterocycles. The molecule has 1 spiro atoms. The normalized spacial score (nSPS) is 17.2. The summed E-state index contributed by atoms with van der Waals surface area (Å²) < 4.78 is 13.4. The van der Waals surface area contributed by atoms with Gasteiger partial charge in [-0.3, -0.25) is 9.59 Å². The van der Waals surface area contributed by atoms with Crippen LogP contribution in [0.25, 0.3) is 0 Å². The maximum atomic E-state index is 12.8. The van der Waals surface area contributed by atoms with Crippen LogP contribution in [-0.4, -0.2) is 34.1 Å². The molecule has 0 aromatic heterocycles. The van der Waals surface area contributed by atoms with Gasteiger partial charge in [-0.2, -0.15) is 4.99 Å². The monoisotopic (exact) mass is 712 g/mol. The van der Waals surface area contributed by atoms with Crippen molar-refractivity contribution >= 4 is 29.4 Å². The third kappa shape index (κ3) is 10.8. The summed E-state index contributed by atoms with van der Waals surface area (Å²) in [6.07, 6.45) is 16.7. The quantitative estimate of drug-likeness (QED) is 0.0362. The van der Waals surface area contributed by atoms with Gasteiger partial charge >= 0.3 is 0 Å². The summed E-state index contributed by atoms with van der Waals surface area (Å²) in [6.45, 7) is 14.0. The highest BCUT2D eigenvalue weighted by Gasteiger charge is 2.53. The topological polar surface area (TPSA) is 117 Å². The number of benzene rings is 2. The number of aliphatic imine (C=N–C) groups is 1. The summed E-state index contributed by atoms with van der Waals surface area (Å²) in [7, 11) is 0. The molecule has 2 aromatic carbocycles. The van der Waals surface area contributed by atoms with Crippen molar-refractivity contribution in [3.05, 3.63) is 112 Å². The molecule has 0 saturated carbocycles. The lowest BCUT2D eigenvalue weighted by atomic mass is 9.69. The molecule has 1 atom stereocenters. The van der Waals surface area contributed by atoms with Crippen molar-refractivity contribution in [1.29, 1.82) is 0 Å². The molecule has 0 aliphatic carbocycles. The zero-order valence-corrected chi connectivity index (χ0v) is 31.3. The van der Waals surface area contributed by atoms with Gasteiger partial charge in [0.05, 0.1) is 11.3 Å². The fourth-order valence-electron chi connectivity index (χ4n) is 6.71. The van der Waals surface area contributed by atoms with Gasteiger partial charge in [-0.25, -0.2) is 0 Å². The number of aldehydes is 1. The largest absolute Gasteiger partial charge is 0.506 e. The Morgan fingerprint density at radius 1 is 0.849 bits per heavy atom. The Morgan fingerprint density at radius 3 is 2.15 bits per heavy atom. The van der Waals surface area contributed by atoms with E-state index in [9.17, 15) is 19.8 Å². The van der Waals surface area contributed by atoms with Gasteiger partial charge in [-0.1, -0.05) is 97.6 Å². The van der Waals surface area contributed by atoms with Crippen LogP contribution in [0.1, 0.15) is 104 Å². The number of allylic oxidation sites excluding steroid dienone is 6. The number of anilines is 1. The van der Waals surface area contributed by atoms with Crippen LogP contribution in [0.3, 0.4) is 0 Å². The molecule has 274 valence electrons. The highest BCUT2D eigenvalue weighted by molar-refractivity contribution is 5.92. The minimum atomic E-state index is -1.08. The fraction of sp³-hybridized carbons (Fsp3) is 0.378. The maximum absolute atomic E-state index is 12.8. The molecule has 8 heteroatoms. The number of hydrogen-bond acceptors (Lipinski definition) is 7. The van der Waals surface area contributed by atoms with Crippen molar-refractivity contribution in [2.45, 2.75) is 109 Å². The summed E-state index contributed by atoms with van der Waals surface area (Å²) in [5.74, 6) is 2.32. The molecular weight excluding hydrogens is 665 g/mol. The number of nitrogens with zero attached hydrogens (tertiary/aromatic N) is 1. The number of hydrogen-bond donors (Lipinski definition) is 3. The molecule has 0 bridgehead atoms. The van der Waals surface area contributed by atoms with E-state index in [0.29, 0.717) is 42.7 Å². The van der Waals surface area contributed by atoms with Crippen LogP contribution in [-0.2, 0) is 20.4 Å². The number of fused-ring (bicyclic) bond motifs is 2. The predicted molar refractivity (Wildman–Crippen MR) is 208 cm³/mol. The van der Waals surface area contributed by atoms with Gasteiger partial charge in [0.25, 0.3) is 5.79 Å². The van der Waals surface area contributed by atoms with E-state index in [1.165, 1.54) is 19.3 Å². The van der Waals surface area contributed by atoms with Crippen LogP contribution in [0.5, 0.6) is 23.0 Å². The second-order valence-corrected chi connectivity index (χ2v) is 14.5. The molecule has 2 aliphatic heterocycles. The molecule has 0 saturated heterocycles. The number of nitrogens with one attached hydrogen (secondary N) is 1. The zero-order chi connectivity index (χ0) is 38.5. The minimum Gasteiger partial charge on any atom is -0.506 e. The third-order valence-electron chi connectivity index (χ3n) is 9.13. The lowest BCUT2D eigenvalue weighted by Gasteiger charge is -2.51. The van der Waals surface area contributed by atoms with Gasteiger partial charge in [0, 0.05) is 76.4 Å². The van der Waals surface area contributed by atoms with Gasteiger partial charge in [0.2, 0.25) is 5.91 Å². The van der Waals surface area contributed by atoms with Gasteiger partial charge in [0.1, 0.15) is 28.7 Å². The van der Waals surface area contributed by atoms with Crippen molar-refractivity contribution in [1.82, 2.24) is 0 Å². The minimum absolute atomic E-state index is 0.00882. The SMILES string of the molecule is C=CC=CC=CC(=C=C=C=C=C=C=C=Nc1cc2c(cc1O)C(C)(C)CC1(CC(C)(C)c3cc(O)c(NC(=O)CCCCCCCC)cc3O1)O2)C=O. The highest BCUT2D eigenvalue weighted by atomic mass is 16.7. The summed E-state index contributed by atoms with van der Waals surface area (Å²) in [4.78, 5) is 28.2. The predicted octanol–water partition coefficient (Wildman–Crippen LogP) is 9.96. The van der Waals surface area contributed by atoms with Crippen LogP contribution in [0, 0.1) is 0 Å². The Balaban J connectivity index is 1.60. The number of carbonyl (C=O) groups excluding carboxylic acids is 2. The first-order chi connectivity index (χ1) is 25.3. The van der Waals surface area contributed by atoms with E-state index in [0.717, 1.165) is 30.4 Å². The summed E-state index contributed by atoms with van der Waals surface area (Å²) in [5.41, 5.74) is 17.0. The van der Waals surface area contributed by atoms with E-state index in [1.54, 1.807) is 54.6 Å². The first kappa shape index (κ1) is 39.9. The maximum Gasteiger partial charge on any atom is 0.252 e. The Bertz CT molecular complexity index is 2090. The van der Waals surface area contributed by atoms with Crippen molar-refractivity contribution in [3.63, 3.8) is 0 Å². The molecule has 0 fully saturated rings. The molecule has 3 N–H and O–H groups in total. The molecular formula is C45H48N2O6. The average molecular weight is 713 g/mol. The highest BCUT2D eigenvalue weighted by Crippen LogP contribution is 2.56. The second-order valence-electron chi connectivity index (χ2n) is 14.5. The van der Waals surface area contributed by atoms with Crippen molar-refractivity contribution in [2.75, 3.05) is 5.32 Å². The number of ether oxygens (including phenoxy) is 2. The van der Waals surface area contributed by atoms with E-state index in [-0.39, 0.29) is 28.7 Å². The van der Waals surface area contributed by atoms with Crippen LogP contribution in [0.4, 0.5) is 11.4 Å². The fourth-order valence-corrected chi connectivity index (χ4v) is 6.71. The van der Waals surface area contributed by atoms with Crippen molar-refractivity contribution in [2.24, 2.45) is 4.99 Å². The second kappa shape index (κ2) is 18.1. The summed E-state index contributed by atoms with van der Waals surface area (Å²) in [5, 5.41) is 24.7. The average Bonchev–Trinajstić information content (AvgIpc) is 3.09. The zero-order valence-electron chi connectivity index (χ0n) is 31.3. The third-order valence-corrected chi connectivity index (χ3v) is 9.13. The number of phenols is 2. The molecule has 53 heavy (non-hydrogen) atoms. The van der Waals surface area contributed by atoms with Gasteiger partial charge in [0.15, 0.2) is 6.29 Å². The molecule has 4 rings (SSSR count). The summed E-state index contributed by atoms with van der Waals surface area (Å²) in [6, 6.07) is 6.65. The Kier molecular flexibility index (Phi) is 13.6. The van der Waals surface area contributed by atoms with E-state index in [4.69, 9.17) is 9.47 Å². The van der Waals surface area contributed by atoms with E-state index < -0.39 is 16.6 Å². The van der Waals surface area contributed by atoms with Crippen molar-refractivity contribution in [3.8, 4) is 23.0 Å². The Labute approximate surface area is 312 Å². The van der Waals surface area contributed by atoms with Crippen LogP contribution in [0.15, 0.2) is 106 Å². The van der Waals surface area contributed by atoms with Crippen molar-refractivity contribution < 1.29 is 29.3 Å². The molecule has 1 unspecified atom stereocenters. The van der Waals surface area contributed by atoms with Gasteiger partial charge < -0.3 is 25.0 Å². The smallest absolute Gasteiger partial charge is 0.252 e.